The molecule has 15 heavy (non-hydrogen) atoms. The maximum absolute atomic E-state index is 11.9. The van der Waals surface area contributed by atoms with Gasteiger partial charge in [0.2, 0.25) is 0 Å². The first-order valence-electron chi connectivity index (χ1n) is 4.79. The van der Waals surface area contributed by atoms with Gasteiger partial charge in [0.15, 0.2) is 0 Å². The second-order valence-electron chi connectivity index (χ2n) is 3.00. The first-order chi connectivity index (χ1) is 7.16. The van der Waals surface area contributed by atoms with E-state index in [1.165, 1.54) is 0 Å². The van der Waals surface area contributed by atoms with Gasteiger partial charge in [-0.15, -0.1) is 0 Å². The lowest BCUT2D eigenvalue weighted by molar-refractivity contribution is -0.142. The lowest BCUT2D eigenvalue weighted by Crippen LogP contribution is -2.24. The van der Waals surface area contributed by atoms with Gasteiger partial charge in [-0.25, -0.2) is 0 Å². The predicted octanol–water partition coefficient (Wildman–Crippen LogP) is 1.75. The topological polar surface area (TPSA) is 43.4 Å². The Morgan fingerprint density at radius 1 is 1.40 bits per heavy atom. The number of benzene rings is 1. The largest absolute Gasteiger partial charge is 0.465 e. The van der Waals surface area contributed by atoms with E-state index in [9.17, 15) is 9.00 Å². The van der Waals surface area contributed by atoms with E-state index in [-0.39, 0.29) is 0 Å². The molecule has 2 atom stereocenters. The molecule has 0 bridgehead atoms. The van der Waals surface area contributed by atoms with Crippen molar-refractivity contribution in [3.8, 4) is 0 Å². The molecule has 0 aliphatic carbocycles. The number of hydrogen-bond acceptors (Lipinski definition) is 3. The fourth-order valence-electron chi connectivity index (χ4n) is 1.11. The minimum absolute atomic E-state index is 0.315. The first kappa shape index (κ1) is 11.9. The molecule has 2 unspecified atom stereocenters. The van der Waals surface area contributed by atoms with Crippen LogP contribution in [0, 0.1) is 0 Å². The van der Waals surface area contributed by atoms with Crippen LogP contribution in [0.15, 0.2) is 35.2 Å². The monoisotopic (exact) mass is 226 g/mol. The van der Waals surface area contributed by atoms with Crippen molar-refractivity contribution in [2.24, 2.45) is 0 Å². The van der Waals surface area contributed by atoms with E-state index in [4.69, 9.17) is 4.74 Å². The number of esters is 1. The van der Waals surface area contributed by atoms with E-state index in [2.05, 4.69) is 0 Å². The van der Waals surface area contributed by atoms with Gasteiger partial charge in [-0.05, 0) is 26.0 Å². The molecule has 0 aromatic heterocycles. The summed E-state index contributed by atoms with van der Waals surface area (Å²) in [4.78, 5) is 12.0. The highest BCUT2D eigenvalue weighted by atomic mass is 32.2. The third kappa shape index (κ3) is 3.16. The summed E-state index contributed by atoms with van der Waals surface area (Å²) in [5, 5.41) is -0.618. The Labute approximate surface area is 91.9 Å². The van der Waals surface area contributed by atoms with Crippen molar-refractivity contribution < 1.29 is 13.7 Å². The summed E-state index contributed by atoms with van der Waals surface area (Å²) < 4.78 is 16.7. The summed E-state index contributed by atoms with van der Waals surface area (Å²) in [5.74, 6) is -0.417. The van der Waals surface area contributed by atoms with E-state index in [1.54, 1.807) is 38.1 Å². The Balaban J connectivity index is 2.73. The Bertz CT molecular complexity index is 348. The minimum Gasteiger partial charge on any atom is -0.465 e. The lowest BCUT2D eigenvalue weighted by atomic mass is 10.4. The van der Waals surface area contributed by atoms with Gasteiger partial charge in [0.05, 0.1) is 17.4 Å². The highest BCUT2D eigenvalue weighted by Gasteiger charge is 2.22. The fraction of sp³-hybridized carbons (Fsp3) is 0.364. The summed E-state index contributed by atoms with van der Waals surface area (Å²) in [7, 11) is -1.33. The smallest absolute Gasteiger partial charge is 0.321 e. The first-order valence-corrected chi connectivity index (χ1v) is 6.00. The zero-order valence-corrected chi connectivity index (χ0v) is 9.62. The van der Waals surface area contributed by atoms with Crippen molar-refractivity contribution in [3.63, 3.8) is 0 Å². The molecular weight excluding hydrogens is 212 g/mol. The van der Waals surface area contributed by atoms with Crippen molar-refractivity contribution in [3.05, 3.63) is 30.3 Å². The van der Waals surface area contributed by atoms with Gasteiger partial charge in [0, 0.05) is 4.90 Å². The Kier molecular flexibility index (Phi) is 4.49. The molecule has 0 saturated carbocycles. The van der Waals surface area contributed by atoms with Crippen LogP contribution in [0.3, 0.4) is 0 Å². The van der Waals surface area contributed by atoms with Crippen LogP contribution >= 0.6 is 0 Å². The quantitative estimate of drug-likeness (QED) is 0.734. The van der Waals surface area contributed by atoms with Crippen molar-refractivity contribution in [2.45, 2.75) is 24.0 Å². The highest BCUT2D eigenvalue weighted by Crippen LogP contribution is 2.11. The van der Waals surface area contributed by atoms with Crippen LogP contribution in [0.25, 0.3) is 0 Å². The van der Waals surface area contributed by atoms with Crippen LogP contribution in [0.5, 0.6) is 0 Å². The van der Waals surface area contributed by atoms with Crippen molar-refractivity contribution in [1.82, 2.24) is 0 Å². The zero-order chi connectivity index (χ0) is 11.3. The molecule has 0 N–H and O–H groups in total. The number of ether oxygens (including phenoxy) is 1. The van der Waals surface area contributed by atoms with Gasteiger partial charge >= 0.3 is 5.97 Å². The van der Waals surface area contributed by atoms with E-state index < -0.39 is 22.0 Å². The van der Waals surface area contributed by atoms with E-state index in [0.29, 0.717) is 11.5 Å². The minimum atomic E-state index is -1.33. The van der Waals surface area contributed by atoms with Crippen LogP contribution in [-0.4, -0.2) is 22.0 Å². The van der Waals surface area contributed by atoms with E-state index >= 15 is 0 Å². The molecule has 0 heterocycles. The number of carbonyl (C=O) groups excluding carboxylic acids is 1. The third-order valence-electron chi connectivity index (χ3n) is 1.92. The summed E-state index contributed by atoms with van der Waals surface area (Å²) in [6.45, 7) is 3.66. The van der Waals surface area contributed by atoms with E-state index in [1.807, 2.05) is 6.07 Å². The molecule has 0 amide bonds. The molecule has 0 saturated heterocycles. The van der Waals surface area contributed by atoms with Gasteiger partial charge in [-0.2, -0.15) is 0 Å². The molecule has 0 fully saturated rings. The van der Waals surface area contributed by atoms with Crippen molar-refractivity contribution in [1.29, 1.82) is 0 Å². The average molecular weight is 226 g/mol. The molecular formula is C11H14O3S. The molecule has 82 valence electrons. The zero-order valence-electron chi connectivity index (χ0n) is 8.80. The molecule has 0 spiro atoms. The highest BCUT2D eigenvalue weighted by molar-refractivity contribution is 7.86. The van der Waals surface area contributed by atoms with Crippen molar-refractivity contribution >= 4 is 16.8 Å². The fourth-order valence-corrected chi connectivity index (χ4v) is 2.18. The molecule has 0 aliphatic rings. The SMILES string of the molecule is CCOC(=O)C(C)S(=O)c1ccccc1. The maximum atomic E-state index is 11.9. The van der Waals surface area contributed by atoms with Gasteiger partial charge in [-0.1, -0.05) is 18.2 Å². The van der Waals surface area contributed by atoms with Gasteiger partial charge < -0.3 is 4.74 Å². The summed E-state index contributed by atoms with van der Waals surface area (Å²) in [5.41, 5.74) is 0. The summed E-state index contributed by atoms with van der Waals surface area (Å²) in [6, 6.07) is 8.92. The van der Waals surface area contributed by atoms with Crippen LogP contribution < -0.4 is 0 Å². The van der Waals surface area contributed by atoms with Gasteiger partial charge in [-0.3, -0.25) is 9.00 Å². The molecule has 4 heteroatoms. The summed E-state index contributed by atoms with van der Waals surface area (Å²) in [6.07, 6.45) is 0. The second-order valence-corrected chi connectivity index (χ2v) is 4.78. The van der Waals surface area contributed by atoms with Crippen LogP contribution in [0.1, 0.15) is 13.8 Å². The molecule has 1 aromatic rings. The second kappa shape index (κ2) is 5.66. The molecule has 1 rings (SSSR count). The van der Waals surface area contributed by atoms with Crippen molar-refractivity contribution in [2.75, 3.05) is 6.61 Å². The molecule has 0 aliphatic heterocycles. The normalized spacial score (nSPS) is 14.3. The summed E-state index contributed by atoms with van der Waals surface area (Å²) >= 11 is 0. The maximum Gasteiger partial charge on any atom is 0.321 e. The van der Waals surface area contributed by atoms with Gasteiger partial charge in [0.25, 0.3) is 0 Å². The van der Waals surface area contributed by atoms with Crippen LogP contribution in [-0.2, 0) is 20.3 Å². The molecule has 3 nitrogen and oxygen atoms in total. The number of carbonyl (C=O) groups is 1. The number of rotatable bonds is 4. The molecule has 0 radical (unpaired) electrons. The average Bonchev–Trinajstić information content (AvgIpc) is 2.28. The molecule has 1 aromatic carbocycles. The Hall–Kier alpha value is -1.16. The number of hydrogen-bond donors (Lipinski definition) is 0. The van der Waals surface area contributed by atoms with Crippen LogP contribution in [0.4, 0.5) is 0 Å². The standard InChI is InChI=1S/C11H14O3S/c1-3-14-11(12)9(2)15(13)10-7-5-4-6-8-10/h4-9H,3H2,1-2H3. The van der Waals surface area contributed by atoms with E-state index in [0.717, 1.165) is 0 Å². The third-order valence-corrected chi connectivity index (χ3v) is 3.49. The van der Waals surface area contributed by atoms with Crippen LogP contribution in [0.2, 0.25) is 0 Å². The Morgan fingerprint density at radius 2 is 2.00 bits per heavy atom. The Morgan fingerprint density at radius 3 is 2.53 bits per heavy atom. The van der Waals surface area contributed by atoms with Gasteiger partial charge in [0.1, 0.15) is 5.25 Å². The predicted molar refractivity (Wildman–Crippen MR) is 58.9 cm³/mol. The lowest BCUT2D eigenvalue weighted by Gasteiger charge is -2.09.